The van der Waals surface area contributed by atoms with Gasteiger partial charge in [0.1, 0.15) is 23.5 Å². The van der Waals surface area contributed by atoms with Gasteiger partial charge in [0.2, 0.25) is 0 Å². The number of rotatable bonds is 9. The van der Waals surface area contributed by atoms with Crippen LogP contribution in [-0.2, 0) is 16.0 Å². The van der Waals surface area contributed by atoms with Crippen molar-refractivity contribution < 1.29 is 14.0 Å². The van der Waals surface area contributed by atoms with Crippen LogP contribution in [0.2, 0.25) is 5.02 Å². The van der Waals surface area contributed by atoms with Crippen LogP contribution in [0.25, 0.3) is 17.4 Å². The number of hydrogen-bond donors (Lipinski definition) is 1. The Balaban J connectivity index is 1.82. The van der Waals surface area contributed by atoms with Crippen LogP contribution < -0.4 is 5.32 Å². The minimum atomic E-state index is -0.628. The van der Waals surface area contributed by atoms with Crippen molar-refractivity contribution in [2.75, 3.05) is 7.05 Å². The maximum absolute atomic E-state index is 13.1. The summed E-state index contributed by atoms with van der Waals surface area (Å²) in [6.45, 7) is 0. The van der Waals surface area contributed by atoms with Crippen LogP contribution in [0, 0.1) is 0 Å². The molecule has 1 amide bonds. The Kier molecular flexibility index (Phi) is 8.39. The molecule has 0 radical (unpaired) electrons. The number of hydrogen-bond acceptors (Lipinski definition) is 4. The smallest absolute Gasteiger partial charge is 0.270 e. The SMILES string of the molecule is CN(C(=O)/C(=C\c1ccc(-c2ccc(Br)c(Cl)c2)o1)NC=S)C(C=O)Cc1ccccc1. The summed E-state index contributed by atoms with van der Waals surface area (Å²) in [5, 5.41) is 3.34. The third-order valence-corrected chi connectivity index (χ3v) is 6.18. The van der Waals surface area contributed by atoms with Crippen molar-refractivity contribution in [1.82, 2.24) is 10.2 Å². The molecule has 164 valence electrons. The quantitative estimate of drug-likeness (QED) is 0.224. The first-order valence-electron chi connectivity index (χ1n) is 9.66. The van der Waals surface area contributed by atoms with Gasteiger partial charge in [0.15, 0.2) is 0 Å². The fraction of sp³-hybridized carbons (Fsp3) is 0.125. The lowest BCUT2D eigenvalue weighted by molar-refractivity contribution is -0.131. The second-order valence-corrected chi connectivity index (χ2v) is 8.46. The van der Waals surface area contributed by atoms with E-state index in [1.165, 1.54) is 10.4 Å². The number of aldehydes is 1. The zero-order valence-corrected chi connectivity index (χ0v) is 20.3. The molecule has 1 N–H and O–H groups in total. The second kappa shape index (κ2) is 11.2. The Labute approximate surface area is 205 Å². The maximum Gasteiger partial charge on any atom is 0.270 e. The summed E-state index contributed by atoms with van der Waals surface area (Å²) in [7, 11) is 1.58. The largest absolute Gasteiger partial charge is 0.457 e. The van der Waals surface area contributed by atoms with Gasteiger partial charge < -0.3 is 19.4 Å². The van der Waals surface area contributed by atoms with E-state index < -0.39 is 6.04 Å². The van der Waals surface area contributed by atoms with E-state index in [2.05, 4.69) is 21.2 Å². The lowest BCUT2D eigenvalue weighted by atomic mass is 10.1. The first kappa shape index (κ1) is 23.9. The molecule has 1 unspecified atom stereocenters. The molecule has 0 spiro atoms. The highest BCUT2D eigenvalue weighted by Crippen LogP contribution is 2.30. The predicted octanol–water partition coefficient (Wildman–Crippen LogP) is 5.52. The van der Waals surface area contributed by atoms with E-state index in [0.29, 0.717) is 23.0 Å². The number of amides is 1. The molecule has 0 fully saturated rings. The Morgan fingerprint density at radius 3 is 2.62 bits per heavy atom. The zero-order chi connectivity index (χ0) is 23.1. The van der Waals surface area contributed by atoms with Crippen molar-refractivity contribution in [3.63, 3.8) is 0 Å². The minimum absolute atomic E-state index is 0.192. The third kappa shape index (κ3) is 5.94. The number of carbonyl (C=O) groups excluding carboxylic acids is 2. The van der Waals surface area contributed by atoms with Gasteiger partial charge in [0, 0.05) is 23.2 Å². The molecule has 1 heterocycles. The van der Waals surface area contributed by atoms with E-state index in [9.17, 15) is 9.59 Å². The van der Waals surface area contributed by atoms with Crippen molar-refractivity contribution in [2.24, 2.45) is 0 Å². The van der Waals surface area contributed by atoms with E-state index in [4.69, 9.17) is 28.2 Å². The predicted molar refractivity (Wildman–Crippen MR) is 134 cm³/mol. The number of benzene rings is 2. The van der Waals surface area contributed by atoms with Crippen molar-refractivity contribution >= 4 is 63.5 Å². The average molecular weight is 532 g/mol. The standard InChI is InChI=1S/C24H20BrClN2O3S/c1-28(18(14-29)11-16-5-3-2-4-6-16)24(30)22(27-15-32)13-19-8-10-23(31-19)17-7-9-20(25)21(26)12-17/h2-10,12-15,18H,11H2,1H3,(H,27,32)/b22-13+. The molecule has 3 aromatic rings. The Morgan fingerprint density at radius 1 is 1.22 bits per heavy atom. The summed E-state index contributed by atoms with van der Waals surface area (Å²) in [5.74, 6) is 0.664. The Bertz CT molecular complexity index is 1150. The molecule has 1 aromatic heterocycles. The fourth-order valence-electron chi connectivity index (χ4n) is 3.08. The Hall–Kier alpha value is -2.74. The van der Waals surface area contributed by atoms with Crippen LogP contribution in [0.15, 0.2) is 75.3 Å². The average Bonchev–Trinajstić information content (AvgIpc) is 3.27. The van der Waals surface area contributed by atoms with Crippen LogP contribution >= 0.6 is 39.7 Å². The third-order valence-electron chi connectivity index (χ3n) is 4.82. The molecule has 8 heteroatoms. The molecule has 3 rings (SSSR count). The summed E-state index contributed by atoms with van der Waals surface area (Å²) in [6, 6.07) is 17.9. The lowest BCUT2D eigenvalue weighted by Crippen LogP contribution is -2.42. The highest BCUT2D eigenvalue weighted by molar-refractivity contribution is 9.10. The van der Waals surface area contributed by atoms with Gasteiger partial charge in [-0.1, -0.05) is 60.2 Å². The number of thiocarbonyl (C=S) groups is 1. The molecule has 2 aromatic carbocycles. The number of carbonyl (C=O) groups is 2. The van der Waals surface area contributed by atoms with E-state index in [0.717, 1.165) is 21.9 Å². The van der Waals surface area contributed by atoms with Crippen molar-refractivity contribution in [3.05, 3.63) is 87.2 Å². The first-order valence-corrected chi connectivity index (χ1v) is 11.3. The van der Waals surface area contributed by atoms with Crippen LogP contribution in [0.1, 0.15) is 11.3 Å². The van der Waals surface area contributed by atoms with Gasteiger partial charge in [-0.05, 0) is 52.2 Å². The van der Waals surface area contributed by atoms with E-state index in [1.54, 1.807) is 31.3 Å². The number of halogens is 2. The summed E-state index contributed by atoms with van der Waals surface area (Å²) in [5.41, 5.74) is 3.19. The normalized spacial score (nSPS) is 12.2. The highest BCUT2D eigenvalue weighted by Gasteiger charge is 2.23. The molecule has 0 bridgehead atoms. The van der Waals surface area contributed by atoms with Gasteiger partial charge in [-0.15, -0.1) is 0 Å². The van der Waals surface area contributed by atoms with Crippen LogP contribution in [0.3, 0.4) is 0 Å². The number of nitrogens with zero attached hydrogens (tertiary/aromatic N) is 1. The summed E-state index contributed by atoms with van der Waals surface area (Å²) in [4.78, 5) is 26.2. The van der Waals surface area contributed by atoms with Gasteiger partial charge in [-0.25, -0.2) is 0 Å². The van der Waals surface area contributed by atoms with Gasteiger partial charge >= 0.3 is 0 Å². The zero-order valence-electron chi connectivity index (χ0n) is 17.1. The van der Waals surface area contributed by atoms with Crippen molar-refractivity contribution in [3.8, 4) is 11.3 Å². The molecular weight excluding hydrogens is 512 g/mol. The molecule has 0 aliphatic carbocycles. The van der Waals surface area contributed by atoms with Gasteiger partial charge in [0.05, 0.1) is 16.6 Å². The monoisotopic (exact) mass is 530 g/mol. The summed E-state index contributed by atoms with van der Waals surface area (Å²) < 4.78 is 6.66. The molecule has 0 saturated carbocycles. The molecule has 0 aliphatic rings. The van der Waals surface area contributed by atoms with E-state index in [-0.39, 0.29) is 11.6 Å². The topological polar surface area (TPSA) is 62.6 Å². The summed E-state index contributed by atoms with van der Waals surface area (Å²) >= 11 is 14.4. The number of nitrogens with one attached hydrogen (secondary N) is 1. The Morgan fingerprint density at radius 2 is 1.97 bits per heavy atom. The molecule has 5 nitrogen and oxygen atoms in total. The second-order valence-electron chi connectivity index (χ2n) is 6.96. The van der Waals surface area contributed by atoms with Crippen molar-refractivity contribution in [1.29, 1.82) is 0 Å². The number of furan rings is 1. The van der Waals surface area contributed by atoms with E-state index in [1.807, 2.05) is 42.5 Å². The highest BCUT2D eigenvalue weighted by atomic mass is 79.9. The lowest BCUT2D eigenvalue weighted by Gasteiger charge is -2.25. The molecule has 1 atom stereocenters. The van der Waals surface area contributed by atoms with Crippen LogP contribution in [0.4, 0.5) is 0 Å². The summed E-state index contributed by atoms with van der Waals surface area (Å²) in [6.07, 6.45) is 2.73. The first-order chi connectivity index (χ1) is 15.4. The van der Waals surface area contributed by atoms with Gasteiger partial charge in [0.25, 0.3) is 5.91 Å². The molecule has 0 saturated heterocycles. The van der Waals surface area contributed by atoms with Gasteiger partial charge in [-0.2, -0.15) is 0 Å². The van der Waals surface area contributed by atoms with Crippen LogP contribution in [0.5, 0.6) is 0 Å². The van der Waals surface area contributed by atoms with Crippen LogP contribution in [-0.4, -0.2) is 35.7 Å². The van der Waals surface area contributed by atoms with Gasteiger partial charge in [-0.3, -0.25) is 4.79 Å². The molecule has 0 aliphatic heterocycles. The fourth-order valence-corrected chi connectivity index (χ4v) is 3.63. The molecular formula is C24H20BrClN2O3S. The van der Waals surface area contributed by atoms with Crippen molar-refractivity contribution in [2.45, 2.75) is 12.5 Å². The maximum atomic E-state index is 13.1. The minimum Gasteiger partial charge on any atom is -0.457 e. The number of likely N-dealkylation sites (N-methyl/N-ethyl adjacent to an activating group) is 1. The van der Waals surface area contributed by atoms with E-state index >= 15 is 0 Å². The molecule has 32 heavy (non-hydrogen) atoms.